The van der Waals surface area contributed by atoms with Crippen LogP contribution in [-0.2, 0) is 16.0 Å². The molecule has 1 saturated heterocycles. The number of ether oxygens (including phenoxy) is 1. The minimum absolute atomic E-state index is 0.0198. The van der Waals surface area contributed by atoms with Gasteiger partial charge in [-0.05, 0) is 37.5 Å². The van der Waals surface area contributed by atoms with E-state index in [1.807, 2.05) is 36.1 Å². The molecule has 0 aliphatic carbocycles. The lowest BCUT2D eigenvalue weighted by molar-refractivity contribution is -0.133. The molecule has 0 aromatic heterocycles. The summed E-state index contributed by atoms with van der Waals surface area (Å²) in [5, 5.41) is 2.87. The summed E-state index contributed by atoms with van der Waals surface area (Å²) in [5.41, 5.74) is 0.954. The van der Waals surface area contributed by atoms with Crippen molar-refractivity contribution in [1.82, 2.24) is 10.2 Å². The van der Waals surface area contributed by atoms with E-state index in [0.29, 0.717) is 32.5 Å². The summed E-state index contributed by atoms with van der Waals surface area (Å²) in [6.07, 6.45) is 3.03. The quantitative estimate of drug-likeness (QED) is 0.835. The second kappa shape index (κ2) is 8.41. The molecule has 22 heavy (non-hydrogen) atoms. The second-order valence-electron chi connectivity index (χ2n) is 5.44. The number of hydrogen-bond donors (Lipinski definition) is 1. The highest BCUT2D eigenvalue weighted by molar-refractivity contribution is 5.79. The normalized spacial score (nSPS) is 14.8. The lowest BCUT2D eigenvalue weighted by Crippen LogP contribution is -2.41. The third-order valence-corrected chi connectivity index (χ3v) is 3.72. The average Bonchev–Trinajstić information content (AvgIpc) is 2.51. The molecule has 0 atom stereocenters. The predicted octanol–water partition coefficient (Wildman–Crippen LogP) is 1.76. The Morgan fingerprint density at radius 3 is 2.73 bits per heavy atom. The molecule has 0 spiro atoms. The second-order valence-corrected chi connectivity index (χ2v) is 5.44. The fraction of sp³-hybridized carbons (Fsp3) is 0.529. The van der Waals surface area contributed by atoms with Crippen molar-refractivity contribution >= 4 is 11.8 Å². The van der Waals surface area contributed by atoms with Gasteiger partial charge >= 0.3 is 0 Å². The molecule has 1 heterocycles. The molecule has 0 unspecified atom stereocenters. The number of amides is 2. The molecule has 2 amide bonds. The van der Waals surface area contributed by atoms with Gasteiger partial charge in [-0.25, -0.2) is 0 Å². The number of benzene rings is 1. The zero-order chi connectivity index (χ0) is 15.8. The van der Waals surface area contributed by atoms with Gasteiger partial charge in [0, 0.05) is 26.1 Å². The van der Waals surface area contributed by atoms with Gasteiger partial charge in [0.1, 0.15) is 5.75 Å². The zero-order valence-electron chi connectivity index (χ0n) is 13.1. The Labute approximate surface area is 131 Å². The van der Waals surface area contributed by atoms with Crippen LogP contribution in [0.4, 0.5) is 0 Å². The number of nitrogens with one attached hydrogen (secondary N) is 1. The summed E-state index contributed by atoms with van der Waals surface area (Å²) in [6, 6.07) is 7.55. The lowest BCUT2D eigenvalue weighted by Gasteiger charge is -2.26. The largest absolute Gasteiger partial charge is 0.494 e. The zero-order valence-corrected chi connectivity index (χ0v) is 13.1. The molecule has 0 bridgehead atoms. The minimum atomic E-state index is -0.0198. The molecule has 2 rings (SSSR count). The van der Waals surface area contributed by atoms with Crippen molar-refractivity contribution in [3.8, 4) is 5.75 Å². The number of hydrogen-bond acceptors (Lipinski definition) is 3. The van der Waals surface area contributed by atoms with Crippen LogP contribution < -0.4 is 10.1 Å². The van der Waals surface area contributed by atoms with Crippen molar-refractivity contribution in [2.45, 2.75) is 32.6 Å². The third-order valence-electron chi connectivity index (χ3n) is 3.72. The highest BCUT2D eigenvalue weighted by atomic mass is 16.5. The first-order valence-electron chi connectivity index (χ1n) is 7.95. The SMILES string of the molecule is CCOc1ccc(CC(=O)NCCN2CCCCC2=O)cc1. The maximum Gasteiger partial charge on any atom is 0.224 e. The van der Waals surface area contributed by atoms with E-state index in [2.05, 4.69) is 5.32 Å². The van der Waals surface area contributed by atoms with Crippen molar-refractivity contribution in [2.24, 2.45) is 0 Å². The molecule has 5 heteroatoms. The summed E-state index contributed by atoms with van der Waals surface area (Å²) in [4.78, 5) is 25.4. The van der Waals surface area contributed by atoms with Gasteiger partial charge in [-0.3, -0.25) is 9.59 Å². The Balaban J connectivity index is 1.70. The molecule has 1 aliphatic heterocycles. The average molecular weight is 304 g/mol. The van der Waals surface area contributed by atoms with Gasteiger partial charge in [-0.1, -0.05) is 12.1 Å². The Morgan fingerprint density at radius 2 is 2.05 bits per heavy atom. The molecule has 1 aromatic carbocycles. The Bertz CT molecular complexity index is 499. The standard InChI is InChI=1S/C17H24N2O3/c1-2-22-15-8-6-14(7-9-15)13-16(20)18-10-12-19-11-4-3-5-17(19)21/h6-9H,2-5,10-13H2,1H3,(H,18,20). The van der Waals surface area contributed by atoms with Gasteiger partial charge in [-0.2, -0.15) is 0 Å². The molecule has 120 valence electrons. The molecular weight excluding hydrogens is 280 g/mol. The van der Waals surface area contributed by atoms with Crippen LogP contribution in [-0.4, -0.2) is 43.0 Å². The summed E-state index contributed by atoms with van der Waals surface area (Å²) in [5.74, 6) is 0.996. The topological polar surface area (TPSA) is 58.6 Å². The van der Waals surface area contributed by atoms with E-state index in [9.17, 15) is 9.59 Å². The van der Waals surface area contributed by atoms with Crippen molar-refractivity contribution in [3.63, 3.8) is 0 Å². The molecule has 0 radical (unpaired) electrons. The van der Waals surface area contributed by atoms with Crippen LogP contribution >= 0.6 is 0 Å². The van der Waals surface area contributed by atoms with E-state index in [0.717, 1.165) is 30.7 Å². The number of likely N-dealkylation sites (tertiary alicyclic amines) is 1. The number of carbonyl (C=O) groups is 2. The van der Waals surface area contributed by atoms with Crippen LogP contribution in [0.2, 0.25) is 0 Å². The van der Waals surface area contributed by atoms with Crippen LogP contribution in [0.5, 0.6) is 5.75 Å². The van der Waals surface area contributed by atoms with Crippen molar-refractivity contribution < 1.29 is 14.3 Å². The predicted molar refractivity (Wildman–Crippen MR) is 84.8 cm³/mol. The van der Waals surface area contributed by atoms with E-state index in [4.69, 9.17) is 4.74 Å². The molecule has 1 aromatic rings. The summed E-state index contributed by atoms with van der Waals surface area (Å²) >= 11 is 0. The summed E-state index contributed by atoms with van der Waals surface area (Å²) in [6.45, 7) is 4.51. The van der Waals surface area contributed by atoms with E-state index in [1.165, 1.54) is 0 Å². The molecule has 5 nitrogen and oxygen atoms in total. The smallest absolute Gasteiger partial charge is 0.224 e. The highest BCUT2D eigenvalue weighted by Gasteiger charge is 2.17. The van der Waals surface area contributed by atoms with Crippen LogP contribution in [0, 0.1) is 0 Å². The van der Waals surface area contributed by atoms with Crippen LogP contribution in [0.3, 0.4) is 0 Å². The molecule has 1 N–H and O–H groups in total. The minimum Gasteiger partial charge on any atom is -0.494 e. The first kappa shape index (κ1) is 16.3. The van der Waals surface area contributed by atoms with Crippen molar-refractivity contribution in [3.05, 3.63) is 29.8 Å². The fourth-order valence-corrected chi connectivity index (χ4v) is 2.55. The number of rotatable bonds is 7. The van der Waals surface area contributed by atoms with Gasteiger partial charge < -0.3 is 15.0 Å². The van der Waals surface area contributed by atoms with E-state index < -0.39 is 0 Å². The summed E-state index contributed by atoms with van der Waals surface area (Å²) < 4.78 is 5.37. The molecule has 1 aliphatic rings. The fourth-order valence-electron chi connectivity index (χ4n) is 2.55. The van der Waals surface area contributed by atoms with E-state index >= 15 is 0 Å². The van der Waals surface area contributed by atoms with Gasteiger partial charge in [0.2, 0.25) is 11.8 Å². The van der Waals surface area contributed by atoms with Crippen molar-refractivity contribution in [1.29, 1.82) is 0 Å². The molecule has 0 saturated carbocycles. The van der Waals surface area contributed by atoms with Crippen LogP contribution in [0.25, 0.3) is 0 Å². The number of carbonyl (C=O) groups excluding carboxylic acids is 2. The van der Waals surface area contributed by atoms with Gasteiger partial charge in [0.25, 0.3) is 0 Å². The maximum atomic E-state index is 11.9. The highest BCUT2D eigenvalue weighted by Crippen LogP contribution is 2.12. The monoisotopic (exact) mass is 304 g/mol. The van der Waals surface area contributed by atoms with Gasteiger partial charge in [-0.15, -0.1) is 0 Å². The first-order valence-corrected chi connectivity index (χ1v) is 7.95. The van der Waals surface area contributed by atoms with Crippen molar-refractivity contribution in [2.75, 3.05) is 26.2 Å². The van der Waals surface area contributed by atoms with Crippen LogP contribution in [0.1, 0.15) is 31.7 Å². The Kier molecular flexibility index (Phi) is 6.25. The number of nitrogens with zero attached hydrogens (tertiary/aromatic N) is 1. The molecule has 1 fully saturated rings. The summed E-state index contributed by atoms with van der Waals surface area (Å²) in [7, 11) is 0. The number of piperidine rings is 1. The Hall–Kier alpha value is -2.04. The van der Waals surface area contributed by atoms with Crippen LogP contribution in [0.15, 0.2) is 24.3 Å². The Morgan fingerprint density at radius 1 is 1.27 bits per heavy atom. The van der Waals surface area contributed by atoms with E-state index in [-0.39, 0.29) is 11.8 Å². The first-order chi connectivity index (χ1) is 10.7. The van der Waals surface area contributed by atoms with E-state index in [1.54, 1.807) is 0 Å². The lowest BCUT2D eigenvalue weighted by atomic mass is 10.1. The third kappa shape index (κ3) is 5.06. The maximum absolute atomic E-state index is 11.9. The molecular formula is C17H24N2O3. The van der Waals surface area contributed by atoms with Gasteiger partial charge in [0.15, 0.2) is 0 Å². The van der Waals surface area contributed by atoms with Gasteiger partial charge in [0.05, 0.1) is 13.0 Å².